The smallest absolute Gasteiger partial charge is 0.542 e. The Labute approximate surface area is 115 Å². The van der Waals surface area contributed by atoms with Crippen molar-refractivity contribution in [2.24, 2.45) is 0 Å². The van der Waals surface area contributed by atoms with Gasteiger partial charge in [-0.05, 0) is 31.4 Å². The van der Waals surface area contributed by atoms with Gasteiger partial charge in [0, 0.05) is 6.04 Å². The average molecular weight is 240 g/mol. The Kier molecular flexibility index (Phi) is 3.47. The molecule has 1 fully saturated rings. The number of rotatable bonds is 2. The standard InChI is InChI=1S/C12H11FN2O2.Li/c13-8-5-2-6-9-10(8)15(7-3-1-4-7)11(14-9)12(16)17;/h2,5-7H,1,3-4H2,(H,16,17);/q;+1/p-1. The van der Waals surface area contributed by atoms with Crippen LogP contribution < -0.4 is 24.0 Å². The van der Waals surface area contributed by atoms with Crippen LogP contribution in [0, 0.1) is 5.82 Å². The number of carbonyl (C=O) groups is 1. The summed E-state index contributed by atoms with van der Waals surface area (Å²) in [6.45, 7) is 0. The van der Waals surface area contributed by atoms with Gasteiger partial charge in [0.15, 0.2) is 5.82 Å². The number of para-hydroxylation sites is 1. The van der Waals surface area contributed by atoms with Crippen molar-refractivity contribution >= 4 is 17.0 Å². The van der Waals surface area contributed by atoms with Crippen LogP contribution >= 0.6 is 0 Å². The molecule has 88 valence electrons. The molecule has 0 N–H and O–H groups in total. The zero-order valence-corrected chi connectivity index (χ0v) is 10.0. The molecule has 1 heterocycles. The largest absolute Gasteiger partial charge is 1.00 e. The maximum atomic E-state index is 13.8. The molecule has 0 amide bonds. The molecule has 18 heavy (non-hydrogen) atoms. The molecule has 0 saturated heterocycles. The third kappa shape index (κ3) is 1.84. The van der Waals surface area contributed by atoms with E-state index < -0.39 is 11.8 Å². The fourth-order valence-corrected chi connectivity index (χ4v) is 2.25. The minimum absolute atomic E-state index is 0. The van der Waals surface area contributed by atoms with Crippen LogP contribution in [0.3, 0.4) is 0 Å². The van der Waals surface area contributed by atoms with Crippen LogP contribution in [0.4, 0.5) is 4.39 Å². The van der Waals surface area contributed by atoms with E-state index in [1.807, 2.05) is 0 Å². The van der Waals surface area contributed by atoms with Gasteiger partial charge in [-0.3, -0.25) is 0 Å². The maximum absolute atomic E-state index is 13.8. The molecule has 4 nitrogen and oxygen atoms in total. The van der Waals surface area contributed by atoms with Gasteiger partial charge in [0.25, 0.3) is 0 Å². The van der Waals surface area contributed by atoms with Gasteiger partial charge in [0.2, 0.25) is 0 Å². The summed E-state index contributed by atoms with van der Waals surface area (Å²) in [5.41, 5.74) is 0.646. The fourth-order valence-electron chi connectivity index (χ4n) is 2.25. The number of carboxylic acids is 1. The summed E-state index contributed by atoms with van der Waals surface area (Å²) in [5.74, 6) is -1.96. The molecule has 0 radical (unpaired) electrons. The van der Waals surface area contributed by atoms with E-state index >= 15 is 0 Å². The van der Waals surface area contributed by atoms with Crippen LogP contribution in [0.5, 0.6) is 0 Å². The Morgan fingerprint density at radius 3 is 2.72 bits per heavy atom. The number of benzene rings is 1. The number of nitrogens with zero attached hydrogens (tertiary/aromatic N) is 2. The summed E-state index contributed by atoms with van der Waals surface area (Å²) in [7, 11) is 0. The van der Waals surface area contributed by atoms with Crippen LogP contribution in [-0.4, -0.2) is 15.5 Å². The molecule has 1 aliphatic carbocycles. The summed E-state index contributed by atoms with van der Waals surface area (Å²) in [6, 6.07) is 4.48. The second-order valence-corrected chi connectivity index (χ2v) is 4.29. The Morgan fingerprint density at radius 2 is 2.17 bits per heavy atom. The minimum atomic E-state index is -1.35. The molecule has 0 bridgehead atoms. The number of hydrogen-bond acceptors (Lipinski definition) is 3. The predicted octanol–water partition coefficient (Wildman–Crippen LogP) is -1.73. The normalized spacial score (nSPS) is 15.2. The maximum Gasteiger partial charge on any atom is 1.00 e. The van der Waals surface area contributed by atoms with Crippen molar-refractivity contribution in [1.29, 1.82) is 0 Å². The molecule has 0 atom stereocenters. The quantitative estimate of drug-likeness (QED) is 0.586. The second kappa shape index (κ2) is 4.75. The average Bonchev–Trinajstić information content (AvgIpc) is 2.57. The zero-order chi connectivity index (χ0) is 12.0. The monoisotopic (exact) mass is 240 g/mol. The number of aromatic nitrogens is 2. The van der Waals surface area contributed by atoms with Crippen LogP contribution in [0.1, 0.15) is 35.9 Å². The first-order valence-corrected chi connectivity index (χ1v) is 5.56. The van der Waals surface area contributed by atoms with Crippen molar-refractivity contribution in [3.63, 3.8) is 0 Å². The van der Waals surface area contributed by atoms with Gasteiger partial charge in [-0.1, -0.05) is 6.07 Å². The molecular formula is C12H10FLiN2O2. The number of carboxylic acid groups (broad SMARTS) is 1. The Morgan fingerprint density at radius 1 is 1.44 bits per heavy atom. The van der Waals surface area contributed by atoms with Crippen LogP contribution in [0.15, 0.2) is 18.2 Å². The first-order valence-electron chi connectivity index (χ1n) is 5.56. The molecule has 1 saturated carbocycles. The zero-order valence-electron chi connectivity index (χ0n) is 10.0. The number of imidazole rings is 1. The van der Waals surface area contributed by atoms with E-state index in [9.17, 15) is 14.3 Å². The van der Waals surface area contributed by atoms with Crippen LogP contribution in [0.2, 0.25) is 0 Å². The molecule has 3 rings (SSSR count). The van der Waals surface area contributed by atoms with Crippen molar-refractivity contribution in [3.05, 3.63) is 29.8 Å². The number of aromatic carboxylic acids is 1. The summed E-state index contributed by atoms with van der Waals surface area (Å²) in [4.78, 5) is 15.0. The number of fused-ring (bicyclic) bond motifs is 1. The third-order valence-electron chi connectivity index (χ3n) is 3.28. The number of halogens is 1. The summed E-state index contributed by atoms with van der Waals surface area (Å²) < 4.78 is 15.2. The number of carbonyl (C=O) groups excluding carboxylic acids is 1. The fraction of sp³-hybridized carbons (Fsp3) is 0.333. The molecule has 2 aromatic rings. The second-order valence-electron chi connectivity index (χ2n) is 4.29. The Hall–Kier alpha value is -1.31. The van der Waals surface area contributed by atoms with Crippen molar-refractivity contribution in [2.75, 3.05) is 0 Å². The van der Waals surface area contributed by atoms with Gasteiger partial charge >= 0.3 is 18.9 Å². The predicted molar refractivity (Wildman–Crippen MR) is 56.9 cm³/mol. The van der Waals surface area contributed by atoms with Gasteiger partial charge in [0.05, 0.1) is 5.52 Å². The topological polar surface area (TPSA) is 57.9 Å². The Balaban J connectivity index is 0.00000120. The van der Waals surface area contributed by atoms with E-state index in [1.165, 1.54) is 16.7 Å². The van der Waals surface area contributed by atoms with E-state index in [0.29, 0.717) is 5.52 Å². The molecule has 1 aromatic carbocycles. The van der Waals surface area contributed by atoms with Gasteiger partial charge in [-0.15, -0.1) is 0 Å². The summed E-state index contributed by atoms with van der Waals surface area (Å²) >= 11 is 0. The molecular weight excluding hydrogens is 230 g/mol. The minimum Gasteiger partial charge on any atom is -0.542 e. The third-order valence-corrected chi connectivity index (χ3v) is 3.28. The van der Waals surface area contributed by atoms with E-state index in [2.05, 4.69) is 4.98 Å². The molecule has 1 aromatic heterocycles. The van der Waals surface area contributed by atoms with E-state index in [1.54, 1.807) is 6.07 Å². The Bertz CT molecular complexity index is 607. The van der Waals surface area contributed by atoms with Crippen LogP contribution in [-0.2, 0) is 0 Å². The van der Waals surface area contributed by atoms with Crippen LogP contribution in [0.25, 0.3) is 11.0 Å². The van der Waals surface area contributed by atoms with E-state index in [0.717, 1.165) is 19.3 Å². The molecule has 6 heteroatoms. The molecule has 1 aliphatic rings. The summed E-state index contributed by atoms with van der Waals surface area (Å²) in [6.07, 6.45) is 2.76. The number of hydrogen-bond donors (Lipinski definition) is 0. The molecule has 0 spiro atoms. The SMILES string of the molecule is O=C([O-])c1nc2cccc(F)c2n1C1CCC1.[Li+]. The molecule has 0 aliphatic heterocycles. The first-order chi connectivity index (χ1) is 8.18. The van der Waals surface area contributed by atoms with Gasteiger partial charge in [-0.2, -0.15) is 0 Å². The summed E-state index contributed by atoms with van der Waals surface area (Å²) in [5, 5.41) is 11.0. The van der Waals surface area contributed by atoms with Gasteiger partial charge < -0.3 is 14.5 Å². The van der Waals surface area contributed by atoms with Crippen molar-refractivity contribution in [2.45, 2.75) is 25.3 Å². The van der Waals surface area contributed by atoms with Crippen molar-refractivity contribution in [1.82, 2.24) is 9.55 Å². The van der Waals surface area contributed by atoms with Gasteiger partial charge in [-0.25, -0.2) is 9.37 Å². The van der Waals surface area contributed by atoms with E-state index in [4.69, 9.17) is 0 Å². The van der Waals surface area contributed by atoms with Crippen molar-refractivity contribution < 1.29 is 33.2 Å². The molecule has 0 unspecified atom stereocenters. The van der Waals surface area contributed by atoms with Crippen molar-refractivity contribution in [3.8, 4) is 0 Å². The first kappa shape index (κ1) is 13.1. The van der Waals surface area contributed by atoms with E-state index in [-0.39, 0.29) is 36.2 Å². The van der Waals surface area contributed by atoms with Gasteiger partial charge in [0.1, 0.15) is 17.3 Å².